The van der Waals surface area contributed by atoms with E-state index >= 15 is 0 Å². The molecule has 0 fully saturated rings. The van der Waals surface area contributed by atoms with Crippen LogP contribution in [0.25, 0.3) is 0 Å². The fourth-order valence-corrected chi connectivity index (χ4v) is 3.10. The van der Waals surface area contributed by atoms with E-state index in [-0.39, 0.29) is 5.91 Å². The van der Waals surface area contributed by atoms with Crippen molar-refractivity contribution in [2.75, 3.05) is 25.1 Å². The minimum atomic E-state index is -0.106. The molecule has 0 atom stereocenters. The van der Waals surface area contributed by atoms with Crippen molar-refractivity contribution in [3.8, 4) is 0 Å². The number of carbonyl (C=O) groups is 1. The van der Waals surface area contributed by atoms with Crippen molar-refractivity contribution in [3.05, 3.63) is 101 Å². The van der Waals surface area contributed by atoms with Crippen LogP contribution in [0.5, 0.6) is 0 Å². The van der Waals surface area contributed by atoms with Crippen LogP contribution in [0.1, 0.15) is 34.0 Å². The van der Waals surface area contributed by atoms with Crippen LogP contribution in [-0.2, 0) is 22.5 Å². The Morgan fingerprint density at radius 1 is 0.828 bits per heavy atom. The van der Waals surface area contributed by atoms with Crippen LogP contribution in [0.2, 0.25) is 0 Å². The van der Waals surface area contributed by atoms with Gasteiger partial charge in [0, 0.05) is 17.9 Å². The van der Waals surface area contributed by atoms with Crippen LogP contribution in [-0.4, -0.2) is 25.7 Å². The van der Waals surface area contributed by atoms with Gasteiger partial charge in [-0.2, -0.15) is 0 Å². The third kappa shape index (κ3) is 6.56. The molecule has 4 heteroatoms. The summed E-state index contributed by atoms with van der Waals surface area (Å²) >= 11 is 0. The Morgan fingerprint density at radius 2 is 1.55 bits per heavy atom. The van der Waals surface area contributed by atoms with E-state index in [1.165, 1.54) is 5.56 Å². The third-order valence-corrected chi connectivity index (χ3v) is 4.53. The summed E-state index contributed by atoms with van der Waals surface area (Å²) < 4.78 is 10.9. The van der Waals surface area contributed by atoms with Crippen LogP contribution in [0.4, 0.5) is 5.69 Å². The Bertz CT molecular complexity index is 909. The van der Waals surface area contributed by atoms with E-state index in [0.717, 1.165) is 23.2 Å². The van der Waals surface area contributed by atoms with Gasteiger partial charge in [-0.15, -0.1) is 0 Å². The van der Waals surface area contributed by atoms with Gasteiger partial charge < -0.3 is 14.8 Å². The normalized spacial score (nSPS) is 10.7. The van der Waals surface area contributed by atoms with Crippen LogP contribution < -0.4 is 5.32 Å². The Morgan fingerprint density at radius 3 is 2.38 bits per heavy atom. The molecule has 0 heterocycles. The maximum atomic E-state index is 12.9. The zero-order valence-electron chi connectivity index (χ0n) is 16.8. The van der Waals surface area contributed by atoms with Crippen molar-refractivity contribution < 1.29 is 14.3 Å². The van der Waals surface area contributed by atoms with Gasteiger partial charge in [0.25, 0.3) is 5.91 Å². The number of rotatable bonds is 10. The van der Waals surface area contributed by atoms with Crippen LogP contribution in [0.15, 0.2) is 78.9 Å². The highest BCUT2D eigenvalue weighted by Gasteiger charge is 2.12. The van der Waals surface area contributed by atoms with Gasteiger partial charge in [0.15, 0.2) is 0 Å². The van der Waals surface area contributed by atoms with E-state index in [9.17, 15) is 4.79 Å². The Labute approximate surface area is 172 Å². The molecule has 0 radical (unpaired) electrons. The topological polar surface area (TPSA) is 47.6 Å². The summed E-state index contributed by atoms with van der Waals surface area (Å²) in [4.78, 5) is 12.9. The van der Waals surface area contributed by atoms with Gasteiger partial charge in [-0.1, -0.05) is 60.7 Å². The molecule has 0 unspecified atom stereocenters. The monoisotopic (exact) mass is 389 g/mol. The average molecular weight is 389 g/mol. The molecule has 3 aromatic carbocycles. The Kier molecular flexibility index (Phi) is 7.99. The van der Waals surface area contributed by atoms with Gasteiger partial charge >= 0.3 is 0 Å². The zero-order valence-corrected chi connectivity index (χ0v) is 16.8. The Hall–Kier alpha value is -2.95. The SMILES string of the molecule is CCOCCOCc1cccc(NC(=O)c2ccccc2Cc2ccccc2)c1. The van der Waals surface area contributed by atoms with Crippen molar-refractivity contribution in [1.82, 2.24) is 0 Å². The lowest BCUT2D eigenvalue weighted by atomic mass is 9.99. The summed E-state index contributed by atoms with van der Waals surface area (Å²) in [6.07, 6.45) is 0.720. The number of amides is 1. The molecule has 29 heavy (non-hydrogen) atoms. The summed E-state index contributed by atoms with van der Waals surface area (Å²) in [5.41, 5.74) is 4.65. The van der Waals surface area contributed by atoms with Crippen LogP contribution in [0, 0.1) is 0 Å². The molecule has 150 valence electrons. The van der Waals surface area contributed by atoms with E-state index in [2.05, 4.69) is 17.4 Å². The first-order valence-electron chi connectivity index (χ1n) is 9.94. The third-order valence-electron chi connectivity index (χ3n) is 4.53. The summed E-state index contributed by atoms with van der Waals surface area (Å²) in [5, 5.41) is 3.02. The van der Waals surface area contributed by atoms with Crippen LogP contribution in [0.3, 0.4) is 0 Å². The van der Waals surface area contributed by atoms with Gasteiger partial charge in [-0.3, -0.25) is 4.79 Å². The fraction of sp³-hybridized carbons (Fsp3) is 0.240. The first-order valence-corrected chi connectivity index (χ1v) is 9.94. The summed E-state index contributed by atoms with van der Waals surface area (Å²) in [6.45, 7) is 4.28. The fourth-order valence-electron chi connectivity index (χ4n) is 3.10. The largest absolute Gasteiger partial charge is 0.379 e. The lowest BCUT2D eigenvalue weighted by molar-refractivity contribution is 0.0453. The molecule has 4 nitrogen and oxygen atoms in total. The van der Waals surface area contributed by atoms with Gasteiger partial charge in [-0.05, 0) is 48.2 Å². The molecule has 1 amide bonds. The number of carbonyl (C=O) groups excluding carboxylic acids is 1. The zero-order chi connectivity index (χ0) is 20.3. The second-order valence-electron chi connectivity index (χ2n) is 6.72. The molecule has 0 aliphatic rings. The lowest BCUT2D eigenvalue weighted by Crippen LogP contribution is -2.14. The minimum absolute atomic E-state index is 0.106. The molecule has 0 saturated carbocycles. The smallest absolute Gasteiger partial charge is 0.255 e. The van der Waals surface area contributed by atoms with E-state index in [0.29, 0.717) is 32.0 Å². The molecule has 0 saturated heterocycles. The number of benzene rings is 3. The highest BCUT2D eigenvalue weighted by atomic mass is 16.5. The first-order chi connectivity index (χ1) is 14.3. The molecule has 0 aliphatic heterocycles. The van der Waals surface area contributed by atoms with Crippen molar-refractivity contribution >= 4 is 11.6 Å². The highest BCUT2D eigenvalue weighted by Crippen LogP contribution is 2.18. The molecular weight excluding hydrogens is 362 g/mol. The lowest BCUT2D eigenvalue weighted by Gasteiger charge is -2.11. The van der Waals surface area contributed by atoms with Crippen molar-refractivity contribution in [2.24, 2.45) is 0 Å². The summed E-state index contributed by atoms with van der Waals surface area (Å²) in [6, 6.07) is 25.6. The molecule has 0 bridgehead atoms. The standard InChI is InChI=1S/C25H27NO3/c1-2-28-15-16-29-19-21-11-8-13-23(18-21)26-25(27)24-14-7-6-12-22(24)17-20-9-4-3-5-10-20/h3-14,18H,2,15-17,19H2,1H3,(H,26,27). The second kappa shape index (κ2) is 11.1. The van der Waals surface area contributed by atoms with E-state index in [1.54, 1.807) is 0 Å². The number of ether oxygens (including phenoxy) is 2. The number of nitrogens with one attached hydrogen (secondary N) is 1. The first kappa shape index (κ1) is 20.8. The van der Waals surface area contributed by atoms with Gasteiger partial charge in [0.1, 0.15) is 0 Å². The van der Waals surface area contributed by atoms with Crippen LogP contribution >= 0.6 is 0 Å². The molecule has 3 aromatic rings. The molecule has 0 spiro atoms. The second-order valence-corrected chi connectivity index (χ2v) is 6.72. The number of hydrogen-bond donors (Lipinski definition) is 1. The van der Waals surface area contributed by atoms with Crippen molar-refractivity contribution in [3.63, 3.8) is 0 Å². The molecule has 0 aromatic heterocycles. The minimum Gasteiger partial charge on any atom is -0.379 e. The molecular formula is C25H27NO3. The van der Waals surface area contributed by atoms with Crippen molar-refractivity contribution in [1.29, 1.82) is 0 Å². The summed E-state index contributed by atoms with van der Waals surface area (Å²) in [7, 11) is 0. The molecule has 3 rings (SSSR count). The predicted octanol–water partition coefficient (Wildman–Crippen LogP) is 5.08. The van der Waals surface area contributed by atoms with Gasteiger partial charge in [0.05, 0.1) is 19.8 Å². The average Bonchev–Trinajstić information content (AvgIpc) is 2.75. The van der Waals surface area contributed by atoms with E-state index < -0.39 is 0 Å². The van der Waals surface area contributed by atoms with Gasteiger partial charge in [0.2, 0.25) is 0 Å². The predicted molar refractivity (Wildman–Crippen MR) is 116 cm³/mol. The summed E-state index contributed by atoms with van der Waals surface area (Å²) in [5.74, 6) is -0.106. The maximum Gasteiger partial charge on any atom is 0.255 e. The Balaban J connectivity index is 1.64. The highest BCUT2D eigenvalue weighted by molar-refractivity contribution is 6.05. The quantitative estimate of drug-likeness (QED) is 0.492. The molecule has 1 N–H and O–H groups in total. The van der Waals surface area contributed by atoms with Crippen molar-refractivity contribution in [2.45, 2.75) is 20.0 Å². The number of anilines is 1. The van der Waals surface area contributed by atoms with Gasteiger partial charge in [-0.25, -0.2) is 0 Å². The number of hydrogen-bond acceptors (Lipinski definition) is 3. The van der Waals surface area contributed by atoms with E-state index in [1.807, 2.05) is 73.7 Å². The van der Waals surface area contributed by atoms with E-state index in [4.69, 9.17) is 9.47 Å². The maximum absolute atomic E-state index is 12.9. The molecule has 0 aliphatic carbocycles.